The predicted molar refractivity (Wildman–Crippen MR) is 121 cm³/mol. The van der Waals surface area contributed by atoms with Gasteiger partial charge in [-0.15, -0.1) is 0 Å². The third-order valence-electron chi connectivity index (χ3n) is 6.15. The molecule has 2 rings (SSSR count). The van der Waals surface area contributed by atoms with E-state index < -0.39 is 38.8 Å². The van der Waals surface area contributed by atoms with Gasteiger partial charge in [-0.3, -0.25) is 14.7 Å². The minimum Gasteiger partial charge on any atom is -0.387 e. The van der Waals surface area contributed by atoms with Gasteiger partial charge in [-0.1, -0.05) is 31.8 Å². The molecule has 0 spiro atoms. The second-order valence-corrected chi connectivity index (χ2v) is 9.89. The highest BCUT2D eigenvalue weighted by Crippen LogP contribution is 2.39. The van der Waals surface area contributed by atoms with Gasteiger partial charge >= 0.3 is 7.82 Å². The molecule has 12 heteroatoms. The number of nitrogens with two attached hydrogens (primary N) is 2. The van der Waals surface area contributed by atoms with Crippen LogP contribution in [-0.2, 0) is 18.6 Å². The third-order valence-corrected chi connectivity index (χ3v) is 6.64. The van der Waals surface area contributed by atoms with Gasteiger partial charge in [0.25, 0.3) is 0 Å². The summed E-state index contributed by atoms with van der Waals surface area (Å²) in [5.41, 5.74) is 12.5. The van der Waals surface area contributed by atoms with Crippen LogP contribution in [-0.4, -0.2) is 62.8 Å². The molecule has 1 fully saturated rings. The van der Waals surface area contributed by atoms with E-state index in [1.807, 2.05) is 0 Å². The summed E-state index contributed by atoms with van der Waals surface area (Å²) in [4.78, 5) is 29.8. The van der Waals surface area contributed by atoms with Crippen LogP contribution in [0.15, 0.2) is 23.3 Å². The summed E-state index contributed by atoms with van der Waals surface area (Å²) in [7, 11) is -4.78. The standard InChI is InChI=1S/C21H36N3O8P/c22-17(23)11-10-13-8-9-14(21(24)27)6-4-2-1-3-5-7-15(13)20-19(26)18(25)16(32-20)12-31-33(28,29)30/h10-11,14,16,18-20,25-26H,1-9,12H2,(H3,22,23)(H2,24,27)(H2,28,29,30)/b11-10-,15-13-. The number of amides is 1. The average molecular weight is 490 g/mol. The minimum atomic E-state index is -4.78. The lowest BCUT2D eigenvalue weighted by molar-refractivity contribution is -0.122. The number of allylic oxidation sites excluding steroid dienone is 2. The molecule has 1 aliphatic heterocycles. The maximum atomic E-state index is 11.9. The van der Waals surface area contributed by atoms with Crippen molar-refractivity contribution in [2.75, 3.05) is 6.61 Å². The largest absolute Gasteiger partial charge is 0.469 e. The van der Waals surface area contributed by atoms with Crippen LogP contribution < -0.4 is 11.5 Å². The highest BCUT2D eigenvalue weighted by Gasteiger charge is 2.45. The second-order valence-electron chi connectivity index (χ2n) is 8.65. The highest BCUT2D eigenvalue weighted by atomic mass is 31.2. The summed E-state index contributed by atoms with van der Waals surface area (Å²) in [6, 6.07) is 0. The lowest BCUT2D eigenvalue weighted by Crippen LogP contribution is -2.35. The van der Waals surface area contributed by atoms with Gasteiger partial charge in [0.15, 0.2) is 0 Å². The molecule has 5 unspecified atom stereocenters. The number of phosphoric acid groups is 1. The lowest BCUT2D eigenvalue weighted by Gasteiger charge is -2.24. The molecule has 0 radical (unpaired) electrons. The molecular formula is C21H36N3O8P. The van der Waals surface area contributed by atoms with Gasteiger partial charge in [0.1, 0.15) is 30.3 Å². The molecule has 1 heterocycles. The normalized spacial score (nSPS) is 32.9. The molecule has 0 aromatic carbocycles. The number of ether oxygens (including phenoxy) is 1. The Hall–Kier alpha value is -1.59. The van der Waals surface area contributed by atoms with Gasteiger partial charge in [0.2, 0.25) is 5.91 Å². The zero-order valence-electron chi connectivity index (χ0n) is 18.6. The molecule has 0 bridgehead atoms. The zero-order valence-corrected chi connectivity index (χ0v) is 19.5. The zero-order chi connectivity index (χ0) is 24.6. The SMILES string of the molecule is N=C(N)/C=C\C1=C(/C2OC(COP(=O)(O)O)C(O)C2O)CCCCCCCC(C(N)=O)CC1. The van der Waals surface area contributed by atoms with Crippen molar-refractivity contribution in [3.05, 3.63) is 23.3 Å². The Balaban J connectivity index is 2.37. The van der Waals surface area contributed by atoms with Crippen molar-refractivity contribution in [3.63, 3.8) is 0 Å². The number of hydrogen-bond donors (Lipinski definition) is 7. The molecular weight excluding hydrogens is 453 g/mol. The van der Waals surface area contributed by atoms with Crippen molar-refractivity contribution in [2.24, 2.45) is 17.4 Å². The number of aliphatic hydroxyl groups excluding tert-OH is 2. The predicted octanol–water partition coefficient (Wildman–Crippen LogP) is 1.000. The molecule has 0 saturated carbocycles. The molecule has 0 aromatic heterocycles. The Morgan fingerprint density at radius 2 is 1.76 bits per heavy atom. The van der Waals surface area contributed by atoms with Crippen LogP contribution in [0.3, 0.4) is 0 Å². The Labute approximate surface area is 193 Å². The fourth-order valence-corrected chi connectivity index (χ4v) is 4.71. The van der Waals surface area contributed by atoms with E-state index in [4.69, 9.17) is 31.4 Å². The number of aliphatic hydroxyl groups is 2. The summed E-state index contributed by atoms with van der Waals surface area (Å²) < 4.78 is 21.3. The molecule has 188 valence electrons. The fourth-order valence-electron chi connectivity index (χ4n) is 4.37. The van der Waals surface area contributed by atoms with Crippen LogP contribution in [0, 0.1) is 11.3 Å². The van der Waals surface area contributed by atoms with Crippen LogP contribution >= 0.6 is 7.82 Å². The van der Waals surface area contributed by atoms with Gasteiger partial charge < -0.3 is 36.2 Å². The number of rotatable bonds is 7. The molecule has 0 aromatic rings. The molecule has 9 N–H and O–H groups in total. The third kappa shape index (κ3) is 8.94. The number of primary amides is 1. The smallest absolute Gasteiger partial charge is 0.387 e. The first-order chi connectivity index (χ1) is 15.5. The van der Waals surface area contributed by atoms with Gasteiger partial charge in [-0.25, -0.2) is 4.57 Å². The number of nitrogens with one attached hydrogen (secondary N) is 1. The van der Waals surface area contributed by atoms with E-state index in [-0.39, 0.29) is 17.7 Å². The molecule has 1 saturated heterocycles. The number of carbonyl (C=O) groups is 1. The van der Waals surface area contributed by atoms with E-state index in [1.165, 1.54) is 6.08 Å². The minimum absolute atomic E-state index is 0.166. The van der Waals surface area contributed by atoms with Crippen LogP contribution in [0.2, 0.25) is 0 Å². The number of carbonyl (C=O) groups excluding carboxylic acids is 1. The number of phosphoric ester groups is 1. The van der Waals surface area contributed by atoms with Crippen molar-refractivity contribution < 1.29 is 38.6 Å². The molecule has 11 nitrogen and oxygen atoms in total. The van der Waals surface area contributed by atoms with Crippen molar-refractivity contribution >= 4 is 19.6 Å². The lowest BCUT2D eigenvalue weighted by atomic mass is 9.86. The monoisotopic (exact) mass is 489 g/mol. The first kappa shape index (κ1) is 27.7. The van der Waals surface area contributed by atoms with Gasteiger partial charge in [0.05, 0.1) is 6.61 Å². The van der Waals surface area contributed by atoms with E-state index in [2.05, 4.69) is 4.52 Å². The van der Waals surface area contributed by atoms with Crippen LogP contribution in [0.25, 0.3) is 0 Å². The molecule has 33 heavy (non-hydrogen) atoms. The van der Waals surface area contributed by atoms with Crippen molar-refractivity contribution in [2.45, 2.75) is 82.2 Å². The van der Waals surface area contributed by atoms with Gasteiger partial charge in [-0.05, 0) is 49.3 Å². The molecule has 2 aliphatic rings. The highest BCUT2D eigenvalue weighted by molar-refractivity contribution is 7.46. The van der Waals surface area contributed by atoms with E-state index in [0.29, 0.717) is 31.3 Å². The molecule has 1 aliphatic carbocycles. The average Bonchev–Trinajstić information content (AvgIpc) is 2.99. The number of amidine groups is 1. The summed E-state index contributed by atoms with van der Waals surface area (Å²) in [6.07, 6.45) is 4.99. The Kier molecular flexibility index (Phi) is 10.7. The van der Waals surface area contributed by atoms with E-state index in [1.54, 1.807) is 6.08 Å². The van der Waals surface area contributed by atoms with E-state index >= 15 is 0 Å². The first-order valence-electron chi connectivity index (χ1n) is 11.2. The topological polar surface area (TPSA) is 209 Å². The summed E-state index contributed by atoms with van der Waals surface area (Å²) in [6.45, 7) is -0.589. The van der Waals surface area contributed by atoms with Gasteiger partial charge in [-0.2, -0.15) is 0 Å². The summed E-state index contributed by atoms with van der Waals surface area (Å²) >= 11 is 0. The van der Waals surface area contributed by atoms with Crippen molar-refractivity contribution in [1.82, 2.24) is 0 Å². The summed E-state index contributed by atoms with van der Waals surface area (Å²) in [5, 5.41) is 28.7. The second kappa shape index (κ2) is 12.8. The van der Waals surface area contributed by atoms with Crippen molar-refractivity contribution in [3.8, 4) is 0 Å². The Bertz CT molecular complexity index is 796. The Morgan fingerprint density at radius 1 is 1.09 bits per heavy atom. The van der Waals surface area contributed by atoms with E-state index in [0.717, 1.165) is 37.7 Å². The van der Waals surface area contributed by atoms with Crippen molar-refractivity contribution in [1.29, 1.82) is 5.41 Å². The van der Waals surface area contributed by atoms with E-state index in [9.17, 15) is 19.6 Å². The quantitative estimate of drug-likeness (QED) is 0.154. The van der Waals surface area contributed by atoms with Crippen LogP contribution in [0.4, 0.5) is 0 Å². The van der Waals surface area contributed by atoms with Crippen LogP contribution in [0.5, 0.6) is 0 Å². The fraction of sp³-hybridized carbons (Fsp3) is 0.714. The first-order valence-corrected chi connectivity index (χ1v) is 12.8. The molecule has 5 atom stereocenters. The maximum Gasteiger partial charge on any atom is 0.469 e. The van der Waals surface area contributed by atoms with Crippen LogP contribution in [0.1, 0.15) is 57.8 Å². The summed E-state index contributed by atoms with van der Waals surface area (Å²) in [5.74, 6) is -0.846. The molecule has 1 amide bonds. The van der Waals surface area contributed by atoms with Gasteiger partial charge in [0, 0.05) is 5.92 Å². The number of hydrogen-bond acceptors (Lipinski definition) is 7. The maximum absolute atomic E-state index is 11.9. The Morgan fingerprint density at radius 3 is 2.39 bits per heavy atom.